The second-order valence-corrected chi connectivity index (χ2v) is 6.01. The topological polar surface area (TPSA) is 35.5 Å². The molecule has 100 valence electrons. The summed E-state index contributed by atoms with van der Waals surface area (Å²) in [5.74, 6) is 0.545. The van der Waals surface area contributed by atoms with Gasteiger partial charge in [-0.1, -0.05) is 22.0 Å². The fourth-order valence-corrected chi connectivity index (χ4v) is 1.71. The average Bonchev–Trinajstić information content (AvgIpc) is 2.20. The van der Waals surface area contributed by atoms with Gasteiger partial charge in [-0.3, -0.25) is 4.79 Å². The molecule has 0 radical (unpaired) electrons. The van der Waals surface area contributed by atoms with Gasteiger partial charge < -0.3 is 9.47 Å². The van der Waals surface area contributed by atoms with E-state index in [1.807, 2.05) is 45.9 Å². The van der Waals surface area contributed by atoms with Crippen LogP contribution < -0.4 is 4.74 Å². The number of carbonyl (C=O) groups is 1. The van der Waals surface area contributed by atoms with Gasteiger partial charge in [0.15, 0.2) is 0 Å². The second-order valence-electron chi connectivity index (χ2n) is 5.09. The third-order valence-corrected chi connectivity index (χ3v) is 2.63. The summed E-state index contributed by atoms with van der Waals surface area (Å²) in [4.78, 5) is 11.5. The summed E-state index contributed by atoms with van der Waals surface area (Å²) in [6, 6.07) is 5.81. The van der Waals surface area contributed by atoms with Crippen LogP contribution in [-0.4, -0.2) is 18.2 Å². The van der Waals surface area contributed by atoms with Gasteiger partial charge in [0.1, 0.15) is 11.4 Å². The molecule has 0 aliphatic carbocycles. The number of carbonyl (C=O) groups excluding carboxylic acids is 1. The highest BCUT2D eigenvalue weighted by Crippen LogP contribution is 2.23. The van der Waals surface area contributed by atoms with Crippen LogP contribution in [0.25, 0.3) is 0 Å². The monoisotopic (exact) mass is 314 g/mol. The van der Waals surface area contributed by atoms with E-state index in [0.717, 1.165) is 15.8 Å². The first-order valence-corrected chi connectivity index (χ1v) is 6.68. The zero-order valence-corrected chi connectivity index (χ0v) is 12.8. The number of aryl methyl sites for hydroxylation is 1. The number of halogens is 1. The lowest BCUT2D eigenvalue weighted by Crippen LogP contribution is -2.24. The number of rotatable bonds is 4. The van der Waals surface area contributed by atoms with Crippen molar-refractivity contribution in [2.75, 3.05) is 6.61 Å². The van der Waals surface area contributed by atoms with Gasteiger partial charge >= 0.3 is 5.97 Å². The van der Waals surface area contributed by atoms with E-state index in [4.69, 9.17) is 9.47 Å². The lowest BCUT2D eigenvalue weighted by atomic mass is 10.2. The van der Waals surface area contributed by atoms with Crippen molar-refractivity contribution in [2.24, 2.45) is 0 Å². The van der Waals surface area contributed by atoms with Gasteiger partial charge in [0.2, 0.25) is 0 Å². The van der Waals surface area contributed by atoms with Gasteiger partial charge in [-0.25, -0.2) is 0 Å². The largest absolute Gasteiger partial charge is 0.493 e. The van der Waals surface area contributed by atoms with Crippen molar-refractivity contribution < 1.29 is 14.3 Å². The smallest absolute Gasteiger partial charge is 0.309 e. The Morgan fingerprint density at radius 1 is 1.33 bits per heavy atom. The van der Waals surface area contributed by atoms with Crippen molar-refractivity contribution in [1.82, 2.24) is 0 Å². The van der Waals surface area contributed by atoms with Gasteiger partial charge in [-0.15, -0.1) is 0 Å². The molecule has 0 aliphatic heterocycles. The van der Waals surface area contributed by atoms with E-state index in [2.05, 4.69) is 15.9 Å². The predicted octanol–water partition coefficient (Wildman–Crippen LogP) is 3.87. The van der Waals surface area contributed by atoms with Gasteiger partial charge in [0.05, 0.1) is 13.0 Å². The molecule has 0 N–H and O–H groups in total. The normalized spacial score (nSPS) is 11.2. The van der Waals surface area contributed by atoms with Crippen molar-refractivity contribution in [3.8, 4) is 5.75 Å². The van der Waals surface area contributed by atoms with Crippen LogP contribution in [0.15, 0.2) is 22.7 Å². The van der Waals surface area contributed by atoms with E-state index in [0.29, 0.717) is 6.61 Å². The molecular weight excluding hydrogens is 296 g/mol. The average molecular weight is 315 g/mol. The quantitative estimate of drug-likeness (QED) is 0.791. The summed E-state index contributed by atoms with van der Waals surface area (Å²) in [7, 11) is 0. The van der Waals surface area contributed by atoms with Crippen LogP contribution in [0, 0.1) is 6.92 Å². The molecule has 0 atom stereocenters. The van der Waals surface area contributed by atoms with Crippen LogP contribution in [0.3, 0.4) is 0 Å². The van der Waals surface area contributed by atoms with Crippen LogP contribution in [-0.2, 0) is 9.53 Å². The molecule has 1 aromatic carbocycles. The highest BCUT2D eigenvalue weighted by Gasteiger charge is 2.16. The first-order chi connectivity index (χ1) is 8.28. The molecule has 1 rings (SSSR count). The Labute approximate surface area is 117 Å². The van der Waals surface area contributed by atoms with Crippen LogP contribution in [0.1, 0.15) is 32.8 Å². The maximum atomic E-state index is 11.5. The molecule has 4 heteroatoms. The lowest BCUT2D eigenvalue weighted by Gasteiger charge is -2.19. The van der Waals surface area contributed by atoms with Gasteiger partial charge in [0.25, 0.3) is 0 Å². The van der Waals surface area contributed by atoms with Crippen molar-refractivity contribution >= 4 is 21.9 Å². The third-order valence-electron chi connectivity index (χ3n) is 2.13. The summed E-state index contributed by atoms with van der Waals surface area (Å²) in [5.41, 5.74) is 0.602. The molecule has 0 aliphatic rings. The fraction of sp³-hybridized carbons (Fsp3) is 0.500. The second kappa shape index (κ2) is 6.23. The van der Waals surface area contributed by atoms with Crippen molar-refractivity contribution in [2.45, 2.75) is 39.7 Å². The van der Waals surface area contributed by atoms with E-state index in [1.165, 1.54) is 0 Å². The van der Waals surface area contributed by atoms with Gasteiger partial charge in [-0.05, 0) is 45.4 Å². The molecule has 1 aromatic rings. The van der Waals surface area contributed by atoms with Crippen LogP contribution in [0.5, 0.6) is 5.75 Å². The molecule has 0 saturated heterocycles. The van der Waals surface area contributed by atoms with Gasteiger partial charge in [0, 0.05) is 4.47 Å². The van der Waals surface area contributed by atoms with Crippen molar-refractivity contribution in [1.29, 1.82) is 0 Å². The predicted molar refractivity (Wildman–Crippen MR) is 74.8 cm³/mol. The molecular formula is C14H19BrO3. The number of ether oxygens (including phenoxy) is 2. The Morgan fingerprint density at radius 2 is 2.00 bits per heavy atom. The zero-order chi connectivity index (χ0) is 13.8. The molecule has 18 heavy (non-hydrogen) atoms. The Morgan fingerprint density at radius 3 is 2.61 bits per heavy atom. The van der Waals surface area contributed by atoms with E-state index in [1.54, 1.807) is 0 Å². The van der Waals surface area contributed by atoms with Crippen LogP contribution in [0.4, 0.5) is 0 Å². The maximum absolute atomic E-state index is 11.5. The number of esters is 1. The Bertz CT molecular complexity index is 422. The summed E-state index contributed by atoms with van der Waals surface area (Å²) >= 11 is 3.39. The highest BCUT2D eigenvalue weighted by molar-refractivity contribution is 9.10. The Balaban J connectivity index is 2.42. The molecule has 0 bridgehead atoms. The molecule has 3 nitrogen and oxygen atoms in total. The zero-order valence-electron chi connectivity index (χ0n) is 11.2. The molecule has 0 saturated carbocycles. The van der Waals surface area contributed by atoms with Crippen molar-refractivity contribution in [3.63, 3.8) is 0 Å². The Hall–Kier alpha value is -1.03. The van der Waals surface area contributed by atoms with Crippen LogP contribution in [0.2, 0.25) is 0 Å². The Kier molecular flexibility index (Phi) is 5.20. The van der Waals surface area contributed by atoms with E-state index >= 15 is 0 Å². The highest BCUT2D eigenvalue weighted by atomic mass is 79.9. The minimum absolute atomic E-state index is 0.241. The summed E-state index contributed by atoms with van der Waals surface area (Å²) in [5, 5.41) is 0. The summed E-state index contributed by atoms with van der Waals surface area (Å²) in [6.45, 7) is 7.85. The minimum atomic E-state index is -0.442. The standard InChI is InChI=1S/C14H19BrO3/c1-10-5-6-11(15)9-12(10)17-8-7-13(16)18-14(2,3)4/h5-6,9H,7-8H2,1-4H3. The molecule has 0 amide bonds. The maximum Gasteiger partial charge on any atom is 0.309 e. The molecule has 0 aromatic heterocycles. The van der Waals surface area contributed by atoms with Crippen molar-refractivity contribution in [3.05, 3.63) is 28.2 Å². The lowest BCUT2D eigenvalue weighted by molar-refractivity contribution is -0.155. The first-order valence-electron chi connectivity index (χ1n) is 5.89. The molecule has 0 fully saturated rings. The third kappa shape index (κ3) is 5.54. The number of hydrogen-bond donors (Lipinski definition) is 0. The fourth-order valence-electron chi connectivity index (χ4n) is 1.37. The first kappa shape index (κ1) is 15.0. The number of benzene rings is 1. The van der Waals surface area contributed by atoms with E-state index in [9.17, 15) is 4.79 Å². The SMILES string of the molecule is Cc1ccc(Br)cc1OCCC(=O)OC(C)(C)C. The minimum Gasteiger partial charge on any atom is -0.493 e. The number of hydrogen-bond acceptors (Lipinski definition) is 3. The van der Waals surface area contributed by atoms with Gasteiger partial charge in [-0.2, -0.15) is 0 Å². The molecule has 0 heterocycles. The van der Waals surface area contributed by atoms with E-state index < -0.39 is 5.60 Å². The summed E-state index contributed by atoms with van der Waals surface area (Å²) < 4.78 is 11.7. The molecule has 0 spiro atoms. The molecule has 0 unspecified atom stereocenters. The van der Waals surface area contributed by atoms with Crippen LogP contribution >= 0.6 is 15.9 Å². The summed E-state index contributed by atoms with van der Waals surface area (Å²) in [6.07, 6.45) is 0.253. The van der Waals surface area contributed by atoms with E-state index in [-0.39, 0.29) is 12.4 Å².